The van der Waals surface area contributed by atoms with E-state index < -0.39 is 0 Å². The summed E-state index contributed by atoms with van der Waals surface area (Å²) in [4.78, 5) is 30.1. The summed E-state index contributed by atoms with van der Waals surface area (Å²) >= 11 is 0. The van der Waals surface area contributed by atoms with Crippen LogP contribution in [0, 0.1) is 11.8 Å². The number of rotatable bonds is 4. The maximum absolute atomic E-state index is 13.2. The zero-order valence-corrected chi connectivity index (χ0v) is 17.2. The number of carbonyl (C=O) groups excluding carboxylic acids is 2. The largest absolute Gasteiger partial charge is 0.493 e. The van der Waals surface area contributed by atoms with Crippen LogP contribution < -0.4 is 10.5 Å². The Morgan fingerprint density at radius 2 is 1.96 bits per heavy atom. The Morgan fingerprint density at radius 1 is 1.18 bits per heavy atom. The third kappa shape index (κ3) is 3.72. The minimum absolute atomic E-state index is 0. The van der Waals surface area contributed by atoms with Crippen molar-refractivity contribution in [3.8, 4) is 5.75 Å². The van der Waals surface area contributed by atoms with E-state index in [1.807, 2.05) is 30.0 Å². The van der Waals surface area contributed by atoms with E-state index in [0.29, 0.717) is 36.3 Å². The first-order valence-corrected chi connectivity index (χ1v) is 10.2. The first kappa shape index (κ1) is 20.9. The van der Waals surface area contributed by atoms with E-state index in [0.717, 1.165) is 38.8 Å². The number of benzene rings is 1. The Hall–Kier alpha value is -1.79. The summed E-state index contributed by atoms with van der Waals surface area (Å²) < 4.78 is 5.62. The van der Waals surface area contributed by atoms with Crippen LogP contribution in [0.5, 0.6) is 5.75 Å². The van der Waals surface area contributed by atoms with Crippen molar-refractivity contribution in [2.45, 2.75) is 44.7 Å². The van der Waals surface area contributed by atoms with Gasteiger partial charge >= 0.3 is 0 Å². The smallest absolute Gasteiger partial charge is 0.258 e. The lowest BCUT2D eigenvalue weighted by atomic mass is 9.98. The van der Waals surface area contributed by atoms with Gasteiger partial charge in [0.15, 0.2) is 0 Å². The number of para-hydroxylation sites is 1. The van der Waals surface area contributed by atoms with Crippen LogP contribution >= 0.6 is 12.4 Å². The number of carbonyl (C=O) groups is 2. The Balaban J connectivity index is 0.00000225. The first-order valence-electron chi connectivity index (χ1n) is 10.2. The number of fused-ring (bicyclic) bond motifs is 1. The molecule has 2 heterocycles. The second-order valence-corrected chi connectivity index (χ2v) is 7.99. The van der Waals surface area contributed by atoms with E-state index in [9.17, 15) is 9.59 Å². The van der Waals surface area contributed by atoms with Crippen LogP contribution in [0.2, 0.25) is 0 Å². The molecule has 4 unspecified atom stereocenters. The molecule has 154 valence electrons. The number of amides is 2. The summed E-state index contributed by atoms with van der Waals surface area (Å²) in [5.41, 5.74) is 6.76. The summed E-state index contributed by atoms with van der Waals surface area (Å²) in [7, 11) is 0. The van der Waals surface area contributed by atoms with Gasteiger partial charge in [-0.25, -0.2) is 0 Å². The van der Waals surface area contributed by atoms with Crippen molar-refractivity contribution in [1.29, 1.82) is 0 Å². The molecule has 7 heteroatoms. The van der Waals surface area contributed by atoms with Crippen molar-refractivity contribution in [2.75, 3.05) is 26.2 Å². The number of nitrogens with zero attached hydrogens (tertiary/aromatic N) is 2. The third-order valence-corrected chi connectivity index (χ3v) is 6.44. The molecule has 2 N–H and O–H groups in total. The molecule has 1 saturated carbocycles. The summed E-state index contributed by atoms with van der Waals surface area (Å²) in [5.74, 6) is 1.54. The zero-order chi connectivity index (χ0) is 19.0. The fraction of sp³-hybridized carbons (Fsp3) is 0.619. The van der Waals surface area contributed by atoms with Crippen molar-refractivity contribution in [3.05, 3.63) is 29.8 Å². The lowest BCUT2D eigenvalue weighted by molar-refractivity contribution is -0.134. The van der Waals surface area contributed by atoms with Crippen LogP contribution in [-0.2, 0) is 4.79 Å². The molecule has 3 fully saturated rings. The second kappa shape index (κ2) is 8.70. The Kier molecular flexibility index (Phi) is 6.50. The van der Waals surface area contributed by atoms with Gasteiger partial charge in [-0.1, -0.05) is 12.1 Å². The molecule has 1 aliphatic carbocycles. The molecule has 4 rings (SSSR count). The average molecular weight is 408 g/mol. The predicted octanol–water partition coefficient (Wildman–Crippen LogP) is 2.31. The molecule has 4 atom stereocenters. The number of hydrogen-bond acceptors (Lipinski definition) is 4. The van der Waals surface area contributed by atoms with E-state index >= 15 is 0 Å². The molecular formula is C21H30ClN3O3. The monoisotopic (exact) mass is 407 g/mol. The molecule has 3 aliphatic rings. The van der Waals surface area contributed by atoms with E-state index in [4.69, 9.17) is 10.5 Å². The van der Waals surface area contributed by atoms with Gasteiger partial charge < -0.3 is 20.3 Å². The maximum Gasteiger partial charge on any atom is 0.258 e. The van der Waals surface area contributed by atoms with Crippen molar-refractivity contribution in [1.82, 2.24) is 9.80 Å². The second-order valence-electron chi connectivity index (χ2n) is 7.99. The number of nitrogens with two attached hydrogens (primary N) is 1. The van der Waals surface area contributed by atoms with Gasteiger partial charge in [-0.3, -0.25) is 9.59 Å². The summed E-state index contributed by atoms with van der Waals surface area (Å²) in [5, 5.41) is 0. The number of halogens is 1. The summed E-state index contributed by atoms with van der Waals surface area (Å²) in [6.07, 6.45) is 3.78. The quantitative estimate of drug-likeness (QED) is 0.830. The highest BCUT2D eigenvalue weighted by atomic mass is 35.5. The molecule has 0 radical (unpaired) electrons. The topological polar surface area (TPSA) is 75.9 Å². The standard InChI is InChI=1S/C21H29N3O3.ClH/c1-2-27-19-8-4-3-6-15(19)20(25)24-11-5-7-18(24)21(26)23-12-14-9-10-17(22)16(14)13-23;/h3-4,6,8,14,16-18H,2,5,7,9-13,22H2,1H3;1H. The molecular weight excluding hydrogens is 378 g/mol. The van der Waals surface area contributed by atoms with Crippen LogP contribution in [0.4, 0.5) is 0 Å². The number of ether oxygens (including phenoxy) is 1. The summed E-state index contributed by atoms with van der Waals surface area (Å²) in [6.45, 7) is 4.57. The van der Waals surface area contributed by atoms with Gasteiger partial charge in [-0.2, -0.15) is 0 Å². The zero-order valence-electron chi connectivity index (χ0n) is 16.4. The van der Waals surface area contributed by atoms with Crippen molar-refractivity contribution in [3.63, 3.8) is 0 Å². The Morgan fingerprint density at radius 3 is 2.71 bits per heavy atom. The third-order valence-electron chi connectivity index (χ3n) is 6.44. The number of likely N-dealkylation sites (tertiary alicyclic amines) is 2. The first-order chi connectivity index (χ1) is 13.1. The van der Waals surface area contributed by atoms with E-state index in [1.54, 1.807) is 11.0 Å². The molecule has 6 nitrogen and oxygen atoms in total. The normalized spacial score (nSPS) is 28.8. The molecule has 0 spiro atoms. The van der Waals surface area contributed by atoms with Gasteiger partial charge in [-0.15, -0.1) is 12.4 Å². The van der Waals surface area contributed by atoms with E-state index in [-0.39, 0.29) is 36.3 Å². The van der Waals surface area contributed by atoms with Gasteiger partial charge in [0, 0.05) is 25.7 Å². The number of hydrogen-bond donors (Lipinski definition) is 1. The van der Waals surface area contributed by atoms with Gasteiger partial charge in [0.05, 0.1) is 12.2 Å². The van der Waals surface area contributed by atoms with Crippen LogP contribution in [0.3, 0.4) is 0 Å². The SMILES string of the molecule is CCOc1ccccc1C(=O)N1CCCC1C(=O)N1CC2CCC(N)C2C1.Cl. The van der Waals surface area contributed by atoms with Gasteiger partial charge in [0.1, 0.15) is 11.8 Å². The van der Waals surface area contributed by atoms with Crippen molar-refractivity contribution < 1.29 is 14.3 Å². The maximum atomic E-state index is 13.2. The fourth-order valence-corrected chi connectivity index (χ4v) is 5.04. The van der Waals surface area contributed by atoms with Crippen LogP contribution in [0.25, 0.3) is 0 Å². The molecule has 2 aliphatic heterocycles. The fourth-order valence-electron chi connectivity index (χ4n) is 5.04. The average Bonchev–Trinajstić information content (AvgIpc) is 3.39. The molecule has 2 amide bonds. The predicted molar refractivity (Wildman–Crippen MR) is 110 cm³/mol. The molecule has 0 bridgehead atoms. The van der Waals surface area contributed by atoms with Gasteiger partial charge in [-0.05, 0) is 56.6 Å². The molecule has 0 aromatic heterocycles. The van der Waals surface area contributed by atoms with Crippen molar-refractivity contribution >= 4 is 24.2 Å². The van der Waals surface area contributed by atoms with E-state index in [2.05, 4.69) is 0 Å². The molecule has 1 aromatic rings. The Labute approximate surface area is 172 Å². The minimum atomic E-state index is -0.359. The molecule has 1 aromatic carbocycles. The van der Waals surface area contributed by atoms with Crippen LogP contribution in [0.1, 0.15) is 43.0 Å². The van der Waals surface area contributed by atoms with Crippen LogP contribution in [0.15, 0.2) is 24.3 Å². The highest BCUT2D eigenvalue weighted by Crippen LogP contribution is 2.38. The summed E-state index contributed by atoms with van der Waals surface area (Å²) in [6, 6.07) is 7.15. The molecule has 28 heavy (non-hydrogen) atoms. The highest BCUT2D eigenvalue weighted by Gasteiger charge is 2.45. The van der Waals surface area contributed by atoms with Crippen LogP contribution in [-0.4, -0.2) is 59.9 Å². The Bertz CT molecular complexity index is 729. The van der Waals surface area contributed by atoms with E-state index in [1.165, 1.54) is 0 Å². The lowest BCUT2D eigenvalue weighted by Gasteiger charge is -2.29. The van der Waals surface area contributed by atoms with Gasteiger partial charge in [0.25, 0.3) is 5.91 Å². The van der Waals surface area contributed by atoms with Crippen molar-refractivity contribution in [2.24, 2.45) is 17.6 Å². The lowest BCUT2D eigenvalue weighted by Crippen LogP contribution is -2.47. The highest BCUT2D eigenvalue weighted by molar-refractivity contribution is 6.00. The molecule has 2 saturated heterocycles. The van der Waals surface area contributed by atoms with Gasteiger partial charge in [0.2, 0.25) is 5.91 Å². The minimum Gasteiger partial charge on any atom is -0.493 e.